The van der Waals surface area contributed by atoms with Crippen molar-refractivity contribution in [2.45, 2.75) is 26.3 Å². The summed E-state index contributed by atoms with van der Waals surface area (Å²) < 4.78 is 1.42. The van der Waals surface area contributed by atoms with Crippen molar-refractivity contribution in [3.63, 3.8) is 0 Å². The minimum Gasteiger partial charge on any atom is -0.305 e. The van der Waals surface area contributed by atoms with E-state index in [0.717, 1.165) is 38.3 Å². The van der Waals surface area contributed by atoms with Gasteiger partial charge in [-0.1, -0.05) is 41.7 Å². The lowest BCUT2D eigenvalue weighted by Gasteiger charge is -2.17. The van der Waals surface area contributed by atoms with Crippen molar-refractivity contribution in [3.05, 3.63) is 41.1 Å². The Morgan fingerprint density at radius 2 is 2.05 bits per heavy atom. The van der Waals surface area contributed by atoms with Gasteiger partial charge in [-0.25, -0.2) is 0 Å². The normalized spacial score (nSPS) is 12.9. The summed E-state index contributed by atoms with van der Waals surface area (Å²) in [7, 11) is 0. The maximum atomic E-state index is 6.39. The van der Waals surface area contributed by atoms with Crippen LogP contribution in [-0.2, 0) is 0 Å². The molecule has 0 aliphatic heterocycles. The Labute approximate surface area is 136 Å². The summed E-state index contributed by atoms with van der Waals surface area (Å²) in [5.41, 5.74) is 2.11. The van der Waals surface area contributed by atoms with E-state index in [1.807, 2.05) is 13.0 Å². The summed E-state index contributed by atoms with van der Waals surface area (Å²) in [6.45, 7) is 5.05. The van der Waals surface area contributed by atoms with Gasteiger partial charge in [0.1, 0.15) is 0 Å². The molecule has 104 valence electrons. The van der Waals surface area contributed by atoms with Crippen LogP contribution < -0.4 is 5.32 Å². The highest BCUT2D eigenvalue weighted by atomic mass is 35.5. The van der Waals surface area contributed by atoms with Gasteiger partial charge in [-0.15, -0.1) is 22.7 Å². The SMILES string of the molecule is CCCNC(c1cc(Cl)sc1Cl)c1scc(C)c1Cl. The van der Waals surface area contributed by atoms with Crippen LogP contribution in [0.5, 0.6) is 0 Å². The lowest BCUT2D eigenvalue weighted by Crippen LogP contribution is -2.22. The molecule has 0 aliphatic rings. The highest BCUT2D eigenvalue weighted by Crippen LogP contribution is 2.42. The van der Waals surface area contributed by atoms with E-state index in [-0.39, 0.29) is 6.04 Å². The van der Waals surface area contributed by atoms with Gasteiger partial charge in [0.25, 0.3) is 0 Å². The van der Waals surface area contributed by atoms with Crippen LogP contribution in [0.3, 0.4) is 0 Å². The zero-order chi connectivity index (χ0) is 14.0. The monoisotopic (exact) mass is 353 g/mol. The van der Waals surface area contributed by atoms with Crippen molar-refractivity contribution in [1.82, 2.24) is 5.32 Å². The average Bonchev–Trinajstić information content (AvgIpc) is 2.86. The van der Waals surface area contributed by atoms with E-state index in [4.69, 9.17) is 34.8 Å². The first-order valence-electron chi connectivity index (χ1n) is 5.96. The standard InChI is InChI=1S/C13H14Cl3NS2/c1-3-4-17-11(8-5-9(14)19-13(8)16)12-10(15)7(2)6-18-12/h5-6,11,17H,3-4H2,1-2H3. The molecule has 6 heteroatoms. The van der Waals surface area contributed by atoms with Gasteiger partial charge in [0.15, 0.2) is 0 Å². The Kier molecular flexibility index (Phi) is 5.58. The second kappa shape index (κ2) is 6.79. The number of hydrogen-bond donors (Lipinski definition) is 1. The Morgan fingerprint density at radius 1 is 1.32 bits per heavy atom. The van der Waals surface area contributed by atoms with E-state index >= 15 is 0 Å². The second-order valence-electron chi connectivity index (χ2n) is 4.26. The third-order valence-corrected chi connectivity index (χ3v) is 6.08. The zero-order valence-corrected chi connectivity index (χ0v) is 14.5. The first-order chi connectivity index (χ1) is 9.04. The van der Waals surface area contributed by atoms with Gasteiger partial charge in [-0.3, -0.25) is 0 Å². The van der Waals surface area contributed by atoms with E-state index in [0.29, 0.717) is 4.34 Å². The van der Waals surface area contributed by atoms with Crippen LogP contribution in [0.2, 0.25) is 13.7 Å². The minimum atomic E-state index is 0.0161. The van der Waals surface area contributed by atoms with Crippen molar-refractivity contribution in [2.75, 3.05) is 6.54 Å². The molecular weight excluding hydrogens is 341 g/mol. The van der Waals surface area contributed by atoms with Crippen molar-refractivity contribution in [2.24, 2.45) is 0 Å². The molecule has 0 bridgehead atoms. The van der Waals surface area contributed by atoms with E-state index in [9.17, 15) is 0 Å². The molecule has 0 aliphatic carbocycles. The highest BCUT2D eigenvalue weighted by Gasteiger charge is 2.23. The van der Waals surface area contributed by atoms with Crippen LogP contribution in [0.15, 0.2) is 11.4 Å². The molecular formula is C13H14Cl3NS2. The molecule has 2 rings (SSSR count). The van der Waals surface area contributed by atoms with E-state index in [2.05, 4.69) is 17.6 Å². The summed E-state index contributed by atoms with van der Waals surface area (Å²) in [6.07, 6.45) is 1.05. The molecule has 0 spiro atoms. The smallest absolute Gasteiger partial charge is 0.0995 e. The number of halogens is 3. The van der Waals surface area contributed by atoms with E-state index < -0.39 is 0 Å². The summed E-state index contributed by atoms with van der Waals surface area (Å²) in [6, 6.07) is 1.94. The summed E-state index contributed by atoms with van der Waals surface area (Å²) in [4.78, 5) is 1.10. The molecule has 2 heterocycles. The Hall–Kier alpha value is 0.230. The van der Waals surface area contributed by atoms with Gasteiger partial charge < -0.3 is 5.32 Å². The molecule has 1 unspecified atom stereocenters. The first-order valence-corrected chi connectivity index (χ1v) is 8.79. The number of nitrogens with one attached hydrogen (secondary N) is 1. The molecule has 0 fully saturated rings. The van der Waals surface area contributed by atoms with Crippen molar-refractivity contribution < 1.29 is 0 Å². The maximum absolute atomic E-state index is 6.39. The fourth-order valence-electron chi connectivity index (χ4n) is 1.83. The van der Waals surface area contributed by atoms with Crippen LogP contribution in [-0.4, -0.2) is 6.54 Å². The second-order valence-corrected chi connectivity index (χ2v) is 7.84. The Bertz CT molecular complexity index is 560. The van der Waals surface area contributed by atoms with Crippen LogP contribution in [0, 0.1) is 6.92 Å². The molecule has 2 aromatic rings. The number of rotatable bonds is 5. The van der Waals surface area contributed by atoms with Crippen LogP contribution >= 0.6 is 57.5 Å². The first kappa shape index (κ1) is 15.6. The Balaban J connectivity index is 2.41. The average molecular weight is 355 g/mol. The van der Waals surface area contributed by atoms with E-state index in [1.54, 1.807) is 11.3 Å². The summed E-state index contributed by atoms with van der Waals surface area (Å²) in [5, 5.41) is 6.39. The minimum absolute atomic E-state index is 0.0161. The number of hydrogen-bond acceptors (Lipinski definition) is 3. The molecule has 0 amide bonds. The quantitative estimate of drug-likeness (QED) is 0.677. The lowest BCUT2D eigenvalue weighted by atomic mass is 10.1. The summed E-state index contributed by atoms with van der Waals surface area (Å²) >= 11 is 21.8. The van der Waals surface area contributed by atoms with Crippen molar-refractivity contribution >= 4 is 57.5 Å². The molecule has 0 saturated heterocycles. The van der Waals surface area contributed by atoms with Gasteiger partial charge in [0.05, 0.1) is 19.7 Å². The molecule has 2 aromatic heterocycles. The molecule has 1 nitrogen and oxygen atoms in total. The number of aryl methyl sites for hydroxylation is 1. The van der Waals surface area contributed by atoms with Crippen LogP contribution in [0.1, 0.15) is 35.4 Å². The highest BCUT2D eigenvalue weighted by molar-refractivity contribution is 7.20. The van der Waals surface area contributed by atoms with E-state index in [1.165, 1.54) is 11.3 Å². The van der Waals surface area contributed by atoms with Gasteiger partial charge >= 0.3 is 0 Å². The van der Waals surface area contributed by atoms with Crippen molar-refractivity contribution in [1.29, 1.82) is 0 Å². The molecule has 1 atom stereocenters. The predicted octanol–water partition coefficient (Wildman–Crippen LogP) is 6.17. The topological polar surface area (TPSA) is 12.0 Å². The van der Waals surface area contributed by atoms with Crippen molar-refractivity contribution in [3.8, 4) is 0 Å². The third kappa shape index (κ3) is 3.46. The largest absolute Gasteiger partial charge is 0.305 e. The summed E-state index contributed by atoms with van der Waals surface area (Å²) in [5.74, 6) is 0. The molecule has 0 saturated carbocycles. The van der Waals surface area contributed by atoms with Gasteiger partial charge in [-0.05, 0) is 36.9 Å². The molecule has 0 aromatic carbocycles. The van der Waals surface area contributed by atoms with Crippen LogP contribution in [0.25, 0.3) is 0 Å². The maximum Gasteiger partial charge on any atom is 0.0995 e. The van der Waals surface area contributed by atoms with Gasteiger partial charge in [0, 0.05) is 10.4 Å². The molecule has 0 radical (unpaired) electrons. The predicted molar refractivity (Wildman–Crippen MR) is 88.5 cm³/mol. The molecule has 1 N–H and O–H groups in total. The fourth-order valence-corrected chi connectivity index (χ4v) is 4.75. The third-order valence-electron chi connectivity index (χ3n) is 2.78. The number of thiophene rings is 2. The van der Waals surface area contributed by atoms with Gasteiger partial charge in [-0.2, -0.15) is 0 Å². The fraction of sp³-hybridized carbons (Fsp3) is 0.385. The molecule has 19 heavy (non-hydrogen) atoms. The lowest BCUT2D eigenvalue weighted by molar-refractivity contribution is 0.607. The Morgan fingerprint density at radius 3 is 2.53 bits per heavy atom. The van der Waals surface area contributed by atoms with Gasteiger partial charge in [0.2, 0.25) is 0 Å². The van der Waals surface area contributed by atoms with Crippen LogP contribution in [0.4, 0.5) is 0 Å². The zero-order valence-electron chi connectivity index (χ0n) is 10.6.